The molecule has 1 aromatic carbocycles. The number of methoxy groups -OCH3 is 3. The van der Waals surface area contributed by atoms with Crippen LogP contribution in [0.2, 0.25) is 0 Å². The van der Waals surface area contributed by atoms with Crippen molar-refractivity contribution >= 4 is 23.0 Å². The van der Waals surface area contributed by atoms with E-state index in [-0.39, 0.29) is 16.6 Å². The number of thiocarbonyl (C=S) groups is 1. The summed E-state index contributed by atoms with van der Waals surface area (Å²) in [6, 6.07) is 3.11. The first-order chi connectivity index (χ1) is 8.54. The molecule has 18 heavy (non-hydrogen) atoms. The van der Waals surface area contributed by atoms with Gasteiger partial charge in [0.2, 0.25) is 0 Å². The molecule has 0 spiro atoms. The van der Waals surface area contributed by atoms with Crippen molar-refractivity contribution in [3.63, 3.8) is 0 Å². The molecule has 0 aliphatic carbocycles. The molecule has 0 amide bonds. The monoisotopic (exact) mass is 272 g/mol. The minimum Gasteiger partial charge on any atom is -0.504 e. The van der Waals surface area contributed by atoms with Crippen LogP contribution < -0.4 is 15.8 Å². The highest BCUT2D eigenvalue weighted by Crippen LogP contribution is 2.40. The third-order valence-corrected chi connectivity index (χ3v) is 2.41. The predicted octanol–water partition coefficient (Wildman–Crippen LogP) is 1.35. The van der Waals surface area contributed by atoms with E-state index >= 15 is 0 Å². The molecule has 0 fully saturated rings. The Kier molecular flexibility index (Phi) is 5.14. The number of ether oxygens (including phenoxy) is 3. The normalized spacial score (nSPS) is 10.4. The minimum atomic E-state index is -0.628. The van der Waals surface area contributed by atoms with Crippen molar-refractivity contribution in [1.82, 2.24) is 0 Å². The minimum absolute atomic E-state index is 0.0362. The summed E-state index contributed by atoms with van der Waals surface area (Å²) in [5.74, 6) is 0.186. The summed E-state index contributed by atoms with van der Waals surface area (Å²) in [5.41, 5.74) is 6.48. The second-order valence-corrected chi connectivity index (χ2v) is 3.81. The molecular weight excluding hydrogens is 256 g/mol. The summed E-state index contributed by atoms with van der Waals surface area (Å²) >= 11 is 4.79. The molecule has 0 unspecified atom stereocenters. The van der Waals surface area contributed by atoms with Gasteiger partial charge in [0.25, 0.3) is 0 Å². The maximum atomic E-state index is 9.73. The van der Waals surface area contributed by atoms with E-state index in [4.69, 9.17) is 32.2 Å². The quantitative estimate of drug-likeness (QED) is 0.551. The fraction of sp³-hybridized carbons (Fsp3) is 0.364. The van der Waals surface area contributed by atoms with Gasteiger partial charge >= 0.3 is 0 Å². The first kappa shape index (κ1) is 14.5. The van der Waals surface area contributed by atoms with Gasteiger partial charge in [0.15, 0.2) is 22.9 Å². The van der Waals surface area contributed by atoms with E-state index in [0.29, 0.717) is 11.3 Å². The Morgan fingerprint density at radius 1 is 1.33 bits per heavy atom. The number of phenolic OH excluding ortho intramolecular Hbond substituents is 1. The summed E-state index contributed by atoms with van der Waals surface area (Å²) in [4.78, 5) is 0. The Balaban J connectivity index is 3.35. The molecule has 0 bridgehead atoms. The van der Waals surface area contributed by atoms with Crippen LogP contribution in [0.25, 0.3) is 0 Å². The first-order valence-electron chi connectivity index (χ1n) is 5.07. The Hall–Kier alpha value is -1.57. The third kappa shape index (κ3) is 3.00. The van der Waals surface area contributed by atoms with Crippen LogP contribution in [0.1, 0.15) is 11.9 Å². The van der Waals surface area contributed by atoms with Crippen LogP contribution >= 0.6 is 12.2 Å². The van der Waals surface area contributed by atoms with Crippen molar-refractivity contribution in [2.45, 2.75) is 6.29 Å². The van der Waals surface area contributed by atoms with E-state index in [1.54, 1.807) is 6.07 Å². The Morgan fingerprint density at radius 3 is 2.39 bits per heavy atom. The number of hydrogen-bond acceptors (Lipinski definition) is 5. The molecule has 0 saturated heterocycles. The molecule has 0 heterocycles. The van der Waals surface area contributed by atoms with E-state index in [1.807, 2.05) is 0 Å². The lowest BCUT2D eigenvalue weighted by atomic mass is 10.1. The zero-order valence-corrected chi connectivity index (χ0v) is 11.2. The fourth-order valence-corrected chi connectivity index (χ4v) is 1.69. The second-order valence-electron chi connectivity index (χ2n) is 3.37. The van der Waals surface area contributed by atoms with Gasteiger partial charge in [0.05, 0.1) is 12.8 Å². The fourth-order valence-electron chi connectivity index (χ4n) is 1.59. The Labute approximate surface area is 111 Å². The smallest absolute Gasteiger partial charge is 0.185 e. The van der Waals surface area contributed by atoms with Crippen LogP contribution in [-0.4, -0.2) is 31.5 Å². The first-order valence-corrected chi connectivity index (χ1v) is 5.47. The van der Waals surface area contributed by atoms with Crippen molar-refractivity contribution < 1.29 is 19.3 Å². The number of rotatable bonds is 5. The van der Waals surface area contributed by atoms with Gasteiger partial charge in [-0.1, -0.05) is 0 Å². The summed E-state index contributed by atoms with van der Waals surface area (Å²) in [7, 11) is 4.42. The average molecular weight is 272 g/mol. The molecule has 0 atom stereocenters. The number of aromatic hydroxyl groups is 1. The molecule has 0 aromatic heterocycles. The molecule has 1 aromatic rings. The van der Waals surface area contributed by atoms with Gasteiger partial charge in [-0.3, -0.25) is 0 Å². The molecule has 0 saturated carbocycles. The van der Waals surface area contributed by atoms with Gasteiger partial charge in [-0.25, -0.2) is 0 Å². The third-order valence-electron chi connectivity index (χ3n) is 2.30. The maximum absolute atomic E-state index is 9.73. The van der Waals surface area contributed by atoms with E-state index in [9.17, 15) is 5.11 Å². The molecule has 7 heteroatoms. The van der Waals surface area contributed by atoms with Gasteiger partial charge in [-0.15, -0.1) is 0 Å². The van der Waals surface area contributed by atoms with Gasteiger partial charge in [0, 0.05) is 19.8 Å². The van der Waals surface area contributed by atoms with E-state index in [0.717, 1.165) is 0 Å². The largest absolute Gasteiger partial charge is 0.504 e. The van der Waals surface area contributed by atoms with Crippen LogP contribution in [0.15, 0.2) is 12.1 Å². The summed E-state index contributed by atoms with van der Waals surface area (Å²) in [6.07, 6.45) is -0.628. The van der Waals surface area contributed by atoms with Crippen molar-refractivity contribution in [3.05, 3.63) is 17.7 Å². The molecule has 100 valence electrons. The summed E-state index contributed by atoms with van der Waals surface area (Å²) in [5, 5.41) is 12.5. The topological polar surface area (TPSA) is 86.0 Å². The zero-order valence-electron chi connectivity index (χ0n) is 10.4. The van der Waals surface area contributed by atoms with E-state index in [1.165, 1.54) is 27.4 Å². The van der Waals surface area contributed by atoms with Crippen LogP contribution in [-0.2, 0) is 9.47 Å². The maximum Gasteiger partial charge on any atom is 0.185 e. The predicted molar refractivity (Wildman–Crippen MR) is 71.8 cm³/mol. The van der Waals surface area contributed by atoms with Crippen LogP contribution in [0.3, 0.4) is 0 Å². The van der Waals surface area contributed by atoms with Crippen molar-refractivity contribution in [3.8, 4) is 11.5 Å². The lowest BCUT2D eigenvalue weighted by Crippen LogP contribution is -2.21. The van der Waals surface area contributed by atoms with E-state index in [2.05, 4.69) is 5.32 Å². The standard InChI is InChI=1S/C11H16N2O4S/c1-15-9-7(14)5-4-6(10(16-2)17-3)8(9)13-11(12)18/h4-5,10,14H,1-3H3,(H3,12,13,18). The number of phenols is 1. The molecule has 6 nitrogen and oxygen atoms in total. The zero-order chi connectivity index (χ0) is 13.7. The van der Waals surface area contributed by atoms with Crippen molar-refractivity contribution in [2.24, 2.45) is 5.73 Å². The van der Waals surface area contributed by atoms with Crippen molar-refractivity contribution in [1.29, 1.82) is 0 Å². The number of anilines is 1. The van der Waals surface area contributed by atoms with Gasteiger partial charge < -0.3 is 30.4 Å². The highest BCUT2D eigenvalue weighted by Gasteiger charge is 2.20. The highest BCUT2D eigenvalue weighted by atomic mass is 32.1. The number of hydrogen-bond donors (Lipinski definition) is 3. The van der Waals surface area contributed by atoms with Crippen LogP contribution in [0.5, 0.6) is 11.5 Å². The van der Waals surface area contributed by atoms with Gasteiger partial charge in [-0.2, -0.15) is 0 Å². The second kappa shape index (κ2) is 6.39. The molecule has 0 aliphatic rings. The summed E-state index contributed by atoms with van der Waals surface area (Å²) < 4.78 is 15.4. The SMILES string of the molecule is COc1c(O)ccc(C(OC)OC)c1NC(N)=S. The van der Waals surface area contributed by atoms with Crippen LogP contribution in [0, 0.1) is 0 Å². The highest BCUT2D eigenvalue weighted by molar-refractivity contribution is 7.80. The summed E-state index contributed by atoms with van der Waals surface area (Å²) in [6.45, 7) is 0. The number of nitrogens with one attached hydrogen (secondary N) is 1. The Bertz CT molecular complexity index is 435. The lowest BCUT2D eigenvalue weighted by Gasteiger charge is -2.20. The number of nitrogens with two attached hydrogens (primary N) is 1. The van der Waals surface area contributed by atoms with Crippen molar-refractivity contribution in [2.75, 3.05) is 26.6 Å². The van der Waals surface area contributed by atoms with Gasteiger partial charge in [0.1, 0.15) is 0 Å². The average Bonchev–Trinajstić information content (AvgIpc) is 2.33. The van der Waals surface area contributed by atoms with Crippen LogP contribution in [0.4, 0.5) is 5.69 Å². The Morgan fingerprint density at radius 2 is 1.94 bits per heavy atom. The lowest BCUT2D eigenvalue weighted by molar-refractivity contribution is -0.105. The molecule has 0 radical (unpaired) electrons. The molecule has 0 aliphatic heterocycles. The molecule has 1 rings (SSSR count). The van der Waals surface area contributed by atoms with E-state index < -0.39 is 6.29 Å². The molecular formula is C11H16N2O4S. The van der Waals surface area contributed by atoms with Gasteiger partial charge in [-0.05, 0) is 24.4 Å². The molecule has 4 N–H and O–H groups in total. The number of benzene rings is 1.